The Morgan fingerprint density at radius 2 is 2.13 bits per heavy atom. The van der Waals surface area contributed by atoms with Gasteiger partial charge < -0.3 is 9.63 Å². The van der Waals surface area contributed by atoms with E-state index in [1.165, 1.54) is 0 Å². The molecule has 15 heavy (non-hydrogen) atoms. The minimum atomic E-state index is -0.189. The zero-order valence-electron chi connectivity index (χ0n) is 7.58. The largest absolute Gasteiger partial charge is 0.388 e. The van der Waals surface area contributed by atoms with Gasteiger partial charge in [0.05, 0.1) is 10.0 Å². The first-order valence-electron chi connectivity index (χ1n) is 4.23. The van der Waals surface area contributed by atoms with Crippen LogP contribution in [0.15, 0.2) is 28.8 Å². The molecule has 5 heteroatoms. The third-order valence-corrected chi connectivity index (χ3v) is 2.76. The summed E-state index contributed by atoms with van der Waals surface area (Å²) in [5.74, 6) is 0.390. The molecule has 0 spiro atoms. The first-order valence-corrected chi connectivity index (χ1v) is 4.99. The van der Waals surface area contributed by atoms with Gasteiger partial charge in [-0.1, -0.05) is 40.5 Å². The average molecular weight is 244 g/mol. The van der Waals surface area contributed by atoms with Crippen molar-refractivity contribution in [1.82, 2.24) is 5.16 Å². The second-order valence-electron chi connectivity index (χ2n) is 2.94. The van der Waals surface area contributed by atoms with E-state index in [0.29, 0.717) is 27.1 Å². The fourth-order valence-corrected chi connectivity index (χ4v) is 1.61. The van der Waals surface area contributed by atoms with Crippen LogP contribution in [0.4, 0.5) is 0 Å². The van der Waals surface area contributed by atoms with Crippen LogP contribution in [0.25, 0.3) is 11.3 Å². The predicted molar refractivity (Wildman–Crippen MR) is 57.9 cm³/mol. The molecule has 78 valence electrons. The molecule has 0 atom stereocenters. The molecule has 1 heterocycles. The van der Waals surface area contributed by atoms with Gasteiger partial charge in [-0.3, -0.25) is 0 Å². The van der Waals surface area contributed by atoms with E-state index in [4.69, 9.17) is 32.8 Å². The Balaban J connectivity index is 2.49. The standard InChI is InChI=1S/C10H7Cl2NO2/c11-8-3-1-2-7(10(8)12)9-4-6(5-14)15-13-9/h1-4,14H,5H2. The second-order valence-corrected chi connectivity index (χ2v) is 3.72. The molecule has 0 aliphatic heterocycles. The lowest BCUT2D eigenvalue weighted by molar-refractivity contribution is 0.229. The summed E-state index contributed by atoms with van der Waals surface area (Å²) >= 11 is 11.9. The summed E-state index contributed by atoms with van der Waals surface area (Å²) < 4.78 is 4.86. The third-order valence-electron chi connectivity index (χ3n) is 1.94. The van der Waals surface area contributed by atoms with Crippen molar-refractivity contribution in [3.63, 3.8) is 0 Å². The average Bonchev–Trinajstić information content (AvgIpc) is 2.70. The summed E-state index contributed by atoms with van der Waals surface area (Å²) in [6, 6.07) is 6.88. The van der Waals surface area contributed by atoms with E-state index in [1.807, 2.05) is 0 Å². The van der Waals surface area contributed by atoms with Crippen LogP contribution in [0.2, 0.25) is 10.0 Å². The first-order chi connectivity index (χ1) is 7.22. The van der Waals surface area contributed by atoms with Gasteiger partial charge in [-0.15, -0.1) is 0 Å². The van der Waals surface area contributed by atoms with Crippen LogP contribution in [0.5, 0.6) is 0 Å². The Morgan fingerprint density at radius 1 is 1.33 bits per heavy atom. The number of benzene rings is 1. The number of aliphatic hydroxyl groups excluding tert-OH is 1. The number of halogens is 2. The SMILES string of the molecule is OCc1cc(-c2cccc(Cl)c2Cl)no1. The van der Waals surface area contributed by atoms with Crippen molar-refractivity contribution in [2.45, 2.75) is 6.61 Å². The van der Waals surface area contributed by atoms with Crippen LogP contribution >= 0.6 is 23.2 Å². The van der Waals surface area contributed by atoms with E-state index in [9.17, 15) is 0 Å². The van der Waals surface area contributed by atoms with Crippen LogP contribution in [0, 0.1) is 0 Å². The van der Waals surface area contributed by atoms with Gasteiger partial charge in [0.1, 0.15) is 12.3 Å². The highest BCUT2D eigenvalue weighted by molar-refractivity contribution is 6.43. The molecule has 1 N–H and O–H groups in total. The Morgan fingerprint density at radius 3 is 2.80 bits per heavy atom. The van der Waals surface area contributed by atoms with Crippen molar-refractivity contribution in [1.29, 1.82) is 0 Å². The molecule has 0 bridgehead atoms. The summed E-state index contributed by atoms with van der Waals surface area (Å²) in [6.45, 7) is -0.189. The van der Waals surface area contributed by atoms with Crippen molar-refractivity contribution in [2.24, 2.45) is 0 Å². The molecular weight excluding hydrogens is 237 g/mol. The first kappa shape index (κ1) is 10.5. The Hall–Kier alpha value is -1.03. The number of hydrogen-bond acceptors (Lipinski definition) is 3. The minimum absolute atomic E-state index is 0.189. The highest BCUT2D eigenvalue weighted by Crippen LogP contribution is 2.32. The molecule has 1 aromatic carbocycles. The fourth-order valence-electron chi connectivity index (χ4n) is 1.22. The molecule has 0 amide bonds. The number of rotatable bonds is 2. The normalized spacial score (nSPS) is 10.6. The highest BCUT2D eigenvalue weighted by atomic mass is 35.5. The molecule has 0 aliphatic rings. The maximum Gasteiger partial charge on any atom is 0.162 e. The van der Waals surface area contributed by atoms with Crippen molar-refractivity contribution >= 4 is 23.2 Å². The molecule has 0 radical (unpaired) electrons. The number of hydrogen-bond donors (Lipinski definition) is 1. The molecular formula is C10H7Cl2NO2. The third kappa shape index (κ3) is 2.00. The molecule has 0 saturated carbocycles. The molecule has 0 fully saturated rings. The van der Waals surface area contributed by atoms with Crippen LogP contribution in [-0.2, 0) is 6.61 Å². The van der Waals surface area contributed by atoms with Gasteiger partial charge in [-0.05, 0) is 6.07 Å². The van der Waals surface area contributed by atoms with E-state index in [2.05, 4.69) is 5.16 Å². The summed E-state index contributed by atoms with van der Waals surface area (Å²) in [5, 5.41) is 13.5. The van der Waals surface area contributed by atoms with Crippen LogP contribution in [-0.4, -0.2) is 10.3 Å². The molecule has 3 nitrogen and oxygen atoms in total. The molecule has 2 aromatic rings. The Labute approximate surface area is 96.2 Å². The number of nitrogens with zero attached hydrogens (tertiary/aromatic N) is 1. The van der Waals surface area contributed by atoms with Gasteiger partial charge in [0.25, 0.3) is 0 Å². The second kappa shape index (κ2) is 4.23. The number of aliphatic hydroxyl groups is 1. The molecule has 0 saturated heterocycles. The lowest BCUT2D eigenvalue weighted by atomic mass is 10.1. The van der Waals surface area contributed by atoms with E-state index in [0.717, 1.165) is 0 Å². The van der Waals surface area contributed by atoms with Gasteiger partial charge in [0.2, 0.25) is 0 Å². The van der Waals surface area contributed by atoms with Crippen LogP contribution < -0.4 is 0 Å². The summed E-state index contributed by atoms with van der Waals surface area (Å²) in [4.78, 5) is 0. The lowest BCUT2D eigenvalue weighted by Crippen LogP contribution is -1.79. The quantitative estimate of drug-likeness (QED) is 0.882. The van der Waals surface area contributed by atoms with Crippen LogP contribution in [0.3, 0.4) is 0 Å². The van der Waals surface area contributed by atoms with Crippen LogP contribution in [0.1, 0.15) is 5.76 Å². The van der Waals surface area contributed by atoms with E-state index >= 15 is 0 Å². The van der Waals surface area contributed by atoms with Crippen molar-refractivity contribution < 1.29 is 9.63 Å². The predicted octanol–water partition coefficient (Wildman–Crippen LogP) is 3.14. The molecule has 0 unspecified atom stereocenters. The summed E-state index contributed by atoms with van der Waals surface area (Å²) in [7, 11) is 0. The van der Waals surface area contributed by atoms with E-state index in [-0.39, 0.29) is 6.61 Å². The van der Waals surface area contributed by atoms with Crippen molar-refractivity contribution in [3.8, 4) is 11.3 Å². The van der Waals surface area contributed by atoms with Gasteiger partial charge in [0, 0.05) is 11.6 Å². The number of aromatic nitrogens is 1. The Kier molecular flexibility index (Phi) is 2.95. The topological polar surface area (TPSA) is 46.3 Å². The fraction of sp³-hybridized carbons (Fsp3) is 0.100. The molecule has 1 aromatic heterocycles. The maximum absolute atomic E-state index is 8.83. The molecule has 2 rings (SSSR count). The van der Waals surface area contributed by atoms with Crippen molar-refractivity contribution in [2.75, 3.05) is 0 Å². The zero-order valence-corrected chi connectivity index (χ0v) is 9.09. The maximum atomic E-state index is 8.83. The summed E-state index contributed by atoms with van der Waals surface area (Å²) in [6.07, 6.45) is 0. The van der Waals surface area contributed by atoms with Gasteiger partial charge >= 0.3 is 0 Å². The Bertz CT molecular complexity index is 482. The minimum Gasteiger partial charge on any atom is -0.388 e. The van der Waals surface area contributed by atoms with Crippen molar-refractivity contribution in [3.05, 3.63) is 40.1 Å². The smallest absolute Gasteiger partial charge is 0.162 e. The zero-order chi connectivity index (χ0) is 10.8. The monoisotopic (exact) mass is 243 g/mol. The van der Waals surface area contributed by atoms with E-state index < -0.39 is 0 Å². The lowest BCUT2D eigenvalue weighted by Gasteiger charge is -2.00. The van der Waals surface area contributed by atoms with Gasteiger partial charge in [-0.2, -0.15) is 0 Å². The van der Waals surface area contributed by atoms with Gasteiger partial charge in [-0.25, -0.2) is 0 Å². The van der Waals surface area contributed by atoms with E-state index in [1.54, 1.807) is 24.3 Å². The van der Waals surface area contributed by atoms with Gasteiger partial charge in [0.15, 0.2) is 5.76 Å². The highest BCUT2D eigenvalue weighted by Gasteiger charge is 2.11. The summed E-state index contributed by atoms with van der Waals surface area (Å²) in [5.41, 5.74) is 1.25. The molecule has 0 aliphatic carbocycles.